The second-order valence-electron chi connectivity index (χ2n) is 7.23. The van der Waals surface area contributed by atoms with Crippen molar-refractivity contribution in [3.05, 3.63) is 18.3 Å². The van der Waals surface area contributed by atoms with Gasteiger partial charge in [-0.15, -0.1) is 0 Å². The standard InChI is InChI=1S/C18H26N4O2/c23-18(11-13-9-14-1-2-15(10-13)20-14)21-16-3-4-17(19-12-16)22-5-7-24-8-6-22/h3-4,12-15,20H,1-2,5-11H2,(H,21,23). The number of ether oxygens (including phenoxy) is 1. The van der Waals surface area contributed by atoms with E-state index < -0.39 is 0 Å². The number of piperidine rings is 1. The maximum absolute atomic E-state index is 12.3. The summed E-state index contributed by atoms with van der Waals surface area (Å²) < 4.78 is 5.36. The molecule has 1 aromatic heterocycles. The predicted octanol–water partition coefficient (Wildman–Crippen LogP) is 1.78. The summed E-state index contributed by atoms with van der Waals surface area (Å²) >= 11 is 0. The van der Waals surface area contributed by atoms with Gasteiger partial charge >= 0.3 is 0 Å². The average molecular weight is 330 g/mol. The van der Waals surface area contributed by atoms with Crippen molar-refractivity contribution in [3.8, 4) is 0 Å². The Hall–Kier alpha value is -1.66. The number of amides is 1. The van der Waals surface area contributed by atoms with E-state index in [1.807, 2.05) is 12.1 Å². The van der Waals surface area contributed by atoms with E-state index in [1.54, 1.807) is 6.20 Å². The van der Waals surface area contributed by atoms with Crippen LogP contribution >= 0.6 is 0 Å². The first-order chi connectivity index (χ1) is 11.8. The molecule has 0 radical (unpaired) electrons. The lowest BCUT2D eigenvalue weighted by atomic mass is 9.89. The van der Waals surface area contributed by atoms with E-state index in [9.17, 15) is 4.79 Å². The number of morpholine rings is 1. The van der Waals surface area contributed by atoms with E-state index in [1.165, 1.54) is 12.8 Å². The average Bonchev–Trinajstić information content (AvgIpc) is 2.95. The van der Waals surface area contributed by atoms with E-state index in [4.69, 9.17) is 4.74 Å². The summed E-state index contributed by atoms with van der Waals surface area (Å²) in [5.74, 6) is 1.58. The normalized spacial score (nSPS) is 29.5. The zero-order valence-electron chi connectivity index (χ0n) is 14.0. The van der Waals surface area contributed by atoms with Crippen LogP contribution in [0, 0.1) is 5.92 Å². The molecule has 130 valence electrons. The second kappa shape index (κ2) is 7.07. The third kappa shape index (κ3) is 3.70. The molecule has 2 bridgehead atoms. The van der Waals surface area contributed by atoms with Gasteiger partial charge in [0, 0.05) is 31.6 Å². The summed E-state index contributed by atoms with van der Waals surface area (Å²) in [6.45, 7) is 3.24. The second-order valence-corrected chi connectivity index (χ2v) is 7.23. The largest absolute Gasteiger partial charge is 0.378 e. The number of carbonyl (C=O) groups is 1. The molecule has 2 N–H and O–H groups in total. The first kappa shape index (κ1) is 15.8. The molecule has 4 rings (SSSR count). The highest BCUT2D eigenvalue weighted by atomic mass is 16.5. The van der Waals surface area contributed by atoms with Gasteiger partial charge in [-0.1, -0.05) is 0 Å². The summed E-state index contributed by atoms with van der Waals surface area (Å²) in [5, 5.41) is 6.63. The van der Waals surface area contributed by atoms with E-state index >= 15 is 0 Å². The molecule has 3 aliphatic rings. The van der Waals surface area contributed by atoms with Crippen LogP contribution in [0.5, 0.6) is 0 Å². The van der Waals surface area contributed by atoms with Gasteiger partial charge in [-0.3, -0.25) is 4.79 Å². The summed E-state index contributed by atoms with van der Waals surface area (Å²) in [6, 6.07) is 5.19. The number of fused-ring (bicyclic) bond motifs is 2. The van der Waals surface area contributed by atoms with Crippen LogP contribution in [0.3, 0.4) is 0 Å². The number of anilines is 2. The van der Waals surface area contributed by atoms with Crippen molar-refractivity contribution in [3.63, 3.8) is 0 Å². The fourth-order valence-corrected chi connectivity index (χ4v) is 4.26. The number of nitrogens with zero attached hydrogens (tertiary/aromatic N) is 2. The maximum Gasteiger partial charge on any atom is 0.224 e. The molecule has 0 spiro atoms. The van der Waals surface area contributed by atoms with Gasteiger partial charge in [0.25, 0.3) is 0 Å². The van der Waals surface area contributed by atoms with Gasteiger partial charge in [-0.25, -0.2) is 4.98 Å². The minimum absolute atomic E-state index is 0.113. The Kier molecular flexibility index (Phi) is 4.67. The number of aromatic nitrogens is 1. The van der Waals surface area contributed by atoms with Crippen LogP contribution < -0.4 is 15.5 Å². The molecule has 6 nitrogen and oxygen atoms in total. The first-order valence-electron chi connectivity index (χ1n) is 9.11. The monoisotopic (exact) mass is 330 g/mol. The van der Waals surface area contributed by atoms with Crippen molar-refractivity contribution in [1.82, 2.24) is 10.3 Å². The third-order valence-corrected chi connectivity index (χ3v) is 5.41. The highest BCUT2D eigenvalue weighted by molar-refractivity contribution is 5.90. The number of hydrogen-bond acceptors (Lipinski definition) is 5. The molecule has 0 aliphatic carbocycles. The van der Waals surface area contributed by atoms with E-state index in [-0.39, 0.29) is 5.91 Å². The number of pyridine rings is 1. The van der Waals surface area contributed by atoms with Crippen LogP contribution in [0.2, 0.25) is 0 Å². The minimum atomic E-state index is 0.113. The molecule has 1 aromatic rings. The Bertz CT molecular complexity index is 559. The topological polar surface area (TPSA) is 66.5 Å². The summed E-state index contributed by atoms with van der Waals surface area (Å²) in [4.78, 5) is 19.0. The number of rotatable bonds is 4. The summed E-state index contributed by atoms with van der Waals surface area (Å²) in [6.07, 6.45) is 7.20. The number of hydrogen-bond donors (Lipinski definition) is 2. The first-order valence-corrected chi connectivity index (χ1v) is 9.11. The Morgan fingerprint density at radius 3 is 2.67 bits per heavy atom. The molecule has 3 aliphatic heterocycles. The van der Waals surface area contributed by atoms with Gasteiger partial charge in [0.05, 0.1) is 25.1 Å². The molecule has 0 aromatic carbocycles. The molecule has 2 atom stereocenters. The van der Waals surface area contributed by atoms with Crippen molar-refractivity contribution in [2.45, 2.75) is 44.2 Å². The Morgan fingerprint density at radius 1 is 1.25 bits per heavy atom. The van der Waals surface area contributed by atoms with Crippen LogP contribution in [0.15, 0.2) is 18.3 Å². The number of nitrogens with one attached hydrogen (secondary N) is 2. The van der Waals surface area contributed by atoms with Crippen molar-refractivity contribution in [2.24, 2.45) is 5.92 Å². The molecule has 4 heterocycles. The van der Waals surface area contributed by atoms with Gasteiger partial charge < -0.3 is 20.3 Å². The highest BCUT2D eigenvalue weighted by Crippen LogP contribution is 2.32. The van der Waals surface area contributed by atoms with Crippen LogP contribution in [0.4, 0.5) is 11.5 Å². The zero-order valence-corrected chi connectivity index (χ0v) is 14.0. The van der Waals surface area contributed by atoms with Crippen LogP contribution in [0.25, 0.3) is 0 Å². The molecule has 1 amide bonds. The molecular weight excluding hydrogens is 304 g/mol. The lowest BCUT2D eigenvalue weighted by Gasteiger charge is -2.28. The number of carbonyl (C=O) groups excluding carboxylic acids is 1. The highest BCUT2D eigenvalue weighted by Gasteiger charge is 2.34. The van der Waals surface area contributed by atoms with Gasteiger partial charge in [-0.05, 0) is 43.7 Å². The molecule has 24 heavy (non-hydrogen) atoms. The summed E-state index contributed by atoms with van der Waals surface area (Å²) in [5.41, 5.74) is 0.786. The fourth-order valence-electron chi connectivity index (χ4n) is 4.26. The molecule has 3 saturated heterocycles. The lowest BCUT2D eigenvalue weighted by molar-refractivity contribution is -0.117. The fraction of sp³-hybridized carbons (Fsp3) is 0.667. The van der Waals surface area contributed by atoms with Crippen molar-refractivity contribution >= 4 is 17.4 Å². The van der Waals surface area contributed by atoms with Crippen molar-refractivity contribution < 1.29 is 9.53 Å². The van der Waals surface area contributed by atoms with Crippen LogP contribution in [-0.2, 0) is 9.53 Å². The molecule has 6 heteroatoms. The van der Waals surface area contributed by atoms with Crippen LogP contribution in [-0.4, -0.2) is 49.3 Å². The SMILES string of the molecule is O=C(CC1CC2CCC(C1)N2)Nc1ccc(N2CCOCC2)nc1. The Labute approximate surface area is 143 Å². The van der Waals surface area contributed by atoms with Gasteiger partial charge in [0.2, 0.25) is 5.91 Å². The van der Waals surface area contributed by atoms with Gasteiger partial charge in [0.15, 0.2) is 0 Å². The van der Waals surface area contributed by atoms with E-state index in [0.717, 1.165) is 50.7 Å². The quantitative estimate of drug-likeness (QED) is 0.881. The lowest BCUT2D eigenvalue weighted by Crippen LogP contribution is -2.39. The molecule has 2 unspecified atom stereocenters. The third-order valence-electron chi connectivity index (χ3n) is 5.41. The van der Waals surface area contributed by atoms with E-state index in [0.29, 0.717) is 24.4 Å². The minimum Gasteiger partial charge on any atom is -0.378 e. The molecule has 0 saturated carbocycles. The smallest absolute Gasteiger partial charge is 0.224 e. The summed E-state index contributed by atoms with van der Waals surface area (Å²) in [7, 11) is 0. The van der Waals surface area contributed by atoms with Crippen molar-refractivity contribution in [2.75, 3.05) is 36.5 Å². The van der Waals surface area contributed by atoms with E-state index in [2.05, 4.69) is 20.5 Å². The molecule has 3 fully saturated rings. The van der Waals surface area contributed by atoms with Crippen molar-refractivity contribution in [1.29, 1.82) is 0 Å². The zero-order chi connectivity index (χ0) is 16.4. The van der Waals surface area contributed by atoms with Gasteiger partial charge in [0.1, 0.15) is 5.82 Å². The predicted molar refractivity (Wildman–Crippen MR) is 93.2 cm³/mol. The van der Waals surface area contributed by atoms with Crippen LogP contribution in [0.1, 0.15) is 32.1 Å². The molecular formula is C18H26N4O2. The van der Waals surface area contributed by atoms with Gasteiger partial charge in [-0.2, -0.15) is 0 Å². The Morgan fingerprint density at radius 2 is 2.00 bits per heavy atom. The maximum atomic E-state index is 12.3. The Balaban J connectivity index is 1.29.